The second kappa shape index (κ2) is 6.46. The van der Waals surface area contributed by atoms with E-state index in [0.29, 0.717) is 22.8 Å². The van der Waals surface area contributed by atoms with Gasteiger partial charge in [-0.25, -0.2) is 0 Å². The van der Waals surface area contributed by atoms with Gasteiger partial charge in [-0.2, -0.15) is 18.3 Å². The van der Waals surface area contributed by atoms with E-state index in [4.69, 9.17) is 0 Å². The van der Waals surface area contributed by atoms with Crippen LogP contribution < -0.4 is 10.7 Å². The summed E-state index contributed by atoms with van der Waals surface area (Å²) in [5, 5.41) is 6.90. The molecule has 0 atom stereocenters. The van der Waals surface area contributed by atoms with Gasteiger partial charge in [0.2, 0.25) is 0 Å². The molecule has 1 aromatic carbocycles. The maximum absolute atomic E-state index is 12.7. The van der Waals surface area contributed by atoms with Crippen molar-refractivity contribution in [2.75, 3.05) is 12.4 Å². The SMILES string of the molecule is CN/N=C(\C)c1ccc(Nc2cccc(C(F)(F)F)c2)cn1. The molecule has 0 unspecified atom stereocenters. The molecule has 0 amide bonds. The average molecular weight is 308 g/mol. The normalized spacial score (nSPS) is 12.1. The molecule has 0 bridgehead atoms. The maximum atomic E-state index is 12.7. The molecule has 2 N–H and O–H groups in total. The molecule has 0 radical (unpaired) electrons. The van der Waals surface area contributed by atoms with Crippen molar-refractivity contribution in [2.45, 2.75) is 13.1 Å². The van der Waals surface area contributed by atoms with Gasteiger partial charge in [0.05, 0.1) is 28.9 Å². The van der Waals surface area contributed by atoms with Crippen LogP contribution in [0.3, 0.4) is 0 Å². The van der Waals surface area contributed by atoms with Gasteiger partial charge < -0.3 is 10.7 Å². The molecular formula is C15H15F3N4. The number of rotatable bonds is 4. The van der Waals surface area contributed by atoms with Crippen molar-refractivity contribution < 1.29 is 13.2 Å². The van der Waals surface area contributed by atoms with Crippen molar-refractivity contribution in [3.05, 3.63) is 53.9 Å². The van der Waals surface area contributed by atoms with Gasteiger partial charge in [-0.1, -0.05) is 6.07 Å². The van der Waals surface area contributed by atoms with Gasteiger partial charge in [-0.05, 0) is 37.3 Å². The quantitative estimate of drug-likeness (QED) is 0.667. The Balaban J connectivity index is 2.16. The van der Waals surface area contributed by atoms with Crippen LogP contribution in [-0.2, 0) is 6.18 Å². The Kier molecular flexibility index (Phi) is 4.65. The molecule has 4 nitrogen and oxygen atoms in total. The number of hydrazone groups is 1. The molecule has 0 fully saturated rings. The highest BCUT2D eigenvalue weighted by molar-refractivity contribution is 5.96. The Bertz CT molecular complexity index is 663. The predicted molar refractivity (Wildman–Crippen MR) is 80.2 cm³/mol. The summed E-state index contributed by atoms with van der Waals surface area (Å²) in [6, 6.07) is 8.49. The van der Waals surface area contributed by atoms with Crippen molar-refractivity contribution in [3.63, 3.8) is 0 Å². The van der Waals surface area contributed by atoms with E-state index in [0.717, 1.165) is 12.1 Å². The zero-order chi connectivity index (χ0) is 16.2. The standard InChI is InChI=1S/C15H15F3N4/c1-10(22-19-2)14-7-6-13(9-20-14)21-12-5-3-4-11(8-12)15(16,17)18/h3-9,19,21H,1-2H3/b22-10+. The van der Waals surface area contributed by atoms with E-state index in [2.05, 4.69) is 20.8 Å². The summed E-state index contributed by atoms with van der Waals surface area (Å²) >= 11 is 0. The van der Waals surface area contributed by atoms with E-state index in [-0.39, 0.29) is 0 Å². The summed E-state index contributed by atoms with van der Waals surface area (Å²) in [6.45, 7) is 1.80. The summed E-state index contributed by atoms with van der Waals surface area (Å²) in [6.07, 6.45) is -2.81. The highest BCUT2D eigenvalue weighted by Gasteiger charge is 2.30. The summed E-state index contributed by atoms with van der Waals surface area (Å²) in [4.78, 5) is 4.21. The third-order valence-electron chi connectivity index (χ3n) is 2.89. The number of nitrogens with zero attached hydrogens (tertiary/aromatic N) is 2. The van der Waals surface area contributed by atoms with Crippen LogP contribution in [0.4, 0.5) is 24.5 Å². The lowest BCUT2D eigenvalue weighted by Crippen LogP contribution is -2.06. The number of halogens is 3. The molecule has 7 heteroatoms. The van der Waals surface area contributed by atoms with Gasteiger partial charge >= 0.3 is 6.18 Å². The zero-order valence-corrected chi connectivity index (χ0v) is 12.1. The van der Waals surface area contributed by atoms with Crippen molar-refractivity contribution >= 4 is 17.1 Å². The first-order valence-corrected chi connectivity index (χ1v) is 6.52. The first-order valence-electron chi connectivity index (χ1n) is 6.52. The van der Waals surface area contributed by atoms with Gasteiger partial charge in [0, 0.05) is 12.7 Å². The number of anilines is 2. The Morgan fingerprint density at radius 2 is 1.91 bits per heavy atom. The van der Waals surface area contributed by atoms with Crippen LogP contribution in [-0.4, -0.2) is 17.7 Å². The van der Waals surface area contributed by atoms with E-state index in [1.54, 1.807) is 38.4 Å². The highest BCUT2D eigenvalue weighted by Crippen LogP contribution is 2.31. The number of pyridine rings is 1. The fraction of sp³-hybridized carbons (Fsp3) is 0.200. The maximum Gasteiger partial charge on any atom is 0.416 e. The minimum Gasteiger partial charge on any atom is -0.354 e. The van der Waals surface area contributed by atoms with Crippen LogP contribution in [0.1, 0.15) is 18.2 Å². The van der Waals surface area contributed by atoms with Crippen molar-refractivity contribution in [2.24, 2.45) is 5.10 Å². The number of hydrogen-bond acceptors (Lipinski definition) is 4. The highest BCUT2D eigenvalue weighted by atomic mass is 19.4. The summed E-state index contributed by atoms with van der Waals surface area (Å²) in [5.41, 5.74) is 4.32. The molecule has 2 rings (SSSR count). The largest absolute Gasteiger partial charge is 0.416 e. The summed E-state index contributed by atoms with van der Waals surface area (Å²) in [7, 11) is 1.69. The number of hydrogen-bond donors (Lipinski definition) is 2. The van der Waals surface area contributed by atoms with E-state index in [9.17, 15) is 13.2 Å². The van der Waals surface area contributed by atoms with E-state index >= 15 is 0 Å². The van der Waals surface area contributed by atoms with Crippen LogP contribution in [0.25, 0.3) is 0 Å². The fourth-order valence-corrected chi connectivity index (χ4v) is 1.85. The molecule has 1 heterocycles. The Labute approximate surface area is 126 Å². The molecule has 0 aliphatic carbocycles. The molecule has 0 aliphatic rings. The van der Waals surface area contributed by atoms with Gasteiger partial charge in [0.25, 0.3) is 0 Å². The van der Waals surface area contributed by atoms with Crippen molar-refractivity contribution in [1.82, 2.24) is 10.4 Å². The minimum atomic E-state index is -4.36. The van der Waals surface area contributed by atoms with Crippen LogP contribution in [0.2, 0.25) is 0 Å². The number of nitrogens with one attached hydrogen (secondary N) is 2. The smallest absolute Gasteiger partial charge is 0.354 e. The van der Waals surface area contributed by atoms with Crippen LogP contribution in [0, 0.1) is 0 Å². The lowest BCUT2D eigenvalue weighted by Gasteiger charge is -2.10. The Morgan fingerprint density at radius 1 is 1.14 bits per heavy atom. The van der Waals surface area contributed by atoms with Gasteiger partial charge in [-0.15, -0.1) is 0 Å². The predicted octanol–water partition coefficient (Wildman–Crippen LogP) is 3.79. The zero-order valence-electron chi connectivity index (χ0n) is 12.1. The average Bonchev–Trinajstić information content (AvgIpc) is 2.48. The first-order chi connectivity index (χ1) is 10.4. The Hall–Kier alpha value is -2.57. The van der Waals surface area contributed by atoms with Crippen molar-refractivity contribution in [1.29, 1.82) is 0 Å². The minimum absolute atomic E-state index is 0.352. The molecule has 22 heavy (non-hydrogen) atoms. The molecule has 0 spiro atoms. The lowest BCUT2D eigenvalue weighted by atomic mass is 10.2. The first kappa shape index (κ1) is 15.8. The summed E-state index contributed by atoms with van der Waals surface area (Å²) in [5.74, 6) is 0. The van der Waals surface area contributed by atoms with Gasteiger partial charge in [-0.3, -0.25) is 4.98 Å². The van der Waals surface area contributed by atoms with Crippen LogP contribution >= 0.6 is 0 Å². The van der Waals surface area contributed by atoms with Gasteiger partial charge in [0.15, 0.2) is 0 Å². The van der Waals surface area contributed by atoms with E-state index in [1.807, 2.05) is 0 Å². The molecular weight excluding hydrogens is 293 g/mol. The molecule has 2 aromatic rings. The number of alkyl halides is 3. The second-order valence-corrected chi connectivity index (χ2v) is 4.56. The molecule has 0 aliphatic heterocycles. The fourth-order valence-electron chi connectivity index (χ4n) is 1.85. The molecule has 1 aromatic heterocycles. The van der Waals surface area contributed by atoms with Crippen LogP contribution in [0.5, 0.6) is 0 Å². The summed E-state index contributed by atoms with van der Waals surface area (Å²) < 4.78 is 38.0. The van der Waals surface area contributed by atoms with Crippen molar-refractivity contribution in [3.8, 4) is 0 Å². The molecule has 116 valence electrons. The number of aromatic nitrogens is 1. The lowest BCUT2D eigenvalue weighted by molar-refractivity contribution is -0.137. The second-order valence-electron chi connectivity index (χ2n) is 4.56. The topological polar surface area (TPSA) is 49.3 Å². The number of benzene rings is 1. The van der Waals surface area contributed by atoms with E-state index < -0.39 is 11.7 Å². The molecule has 0 saturated heterocycles. The van der Waals surface area contributed by atoms with Gasteiger partial charge in [0.1, 0.15) is 0 Å². The Morgan fingerprint density at radius 3 is 2.50 bits per heavy atom. The molecule has 0 saturated carbocycles. The van der Waals surface area contributed by atoms with Crippen LogP contribution in [0.15, 0.2) is 47.7 Å². The van der Waals surface area contributed by atoms with E-state index in [1.165, 1.54) is 6.07 Å². The third-order valence-corrected chi connectivity index (χ3v) is 2.89. The monoisotopic (exact) mass is 308 g/mol. The third kappa shape index (κ3) is 3.97.